The van der Waals surface area contributed by atoms with Crippen LogP contribution in [0.15, 0.2) is 6.07 Å². The van der Waals surface area contributed by atoms with Crippen molar-refractivity contribution in [3.8, 4) is 0 Å². The van der Waals surface area contributed by atoms with Crippen LogP contribution in [0.25, 0.3) is 0 Å². The number of hydrogen-bond donors (Lipinski definition) is 3. The third-order valence-corrected chi connectivity index (χ3v) is 3.35. The van der Waals surface area contributed by atoms with Crippen molar-refractivity contribution in [2.45, 2.75) is 32.6 Å². The number of aromatic nitrogens is 2. The van der Waals surface area contributed by atoms with Gasteiger partial charge in [-0.15, -0.1) is 0 Å². The van der Waals surface area contributed by atoms with E-state index in [1.807, 2.05) is 6.07 Å². The fourth-order valence-corrected chi connectivity index (χ4v) is 1.99. The molecule has 0 unspecified atom stereocenters. The van der Waals surface area contributed by atoms with E-state index < -0.39 is 0 Å². The van der Waals surface area contributed by atoms with Gasteiger partial charge in [-0.1, -0.05) is 20.8 Å². The van der Waals surface area contributed by atoms with Crippen molar-refractivity contribution in [2.24, 2.45) is 5.73 Å². The summed E-state index contributed by atoms with van der Waals surface area (Å²) in [5.74, 6) is 0.834. The van der Waals surface area contributed by atoms with Crippen molar-refractivity contribution in [3.05, 3.63) is 11.8 Å². The van der Waals surface area contributed by atoms with Gasteiger partial charge in [0.15, 0.2) is 5.82 Å². The van der Waals surface area contributed by atoms with E-state index in [-0.39, 0.29) is 23.0 Å². The molecular weight excluding hydrogens is 264 g/mol. The van der Waals surface area contributed by atoms with Crippen molar-refractivity contribution in [1.82, 2.24) is 10.2 Å². The number of anilines is 1. The molecule has 2 amide bonds. The van der Waals surface area contributed by atoms with Gasteiger partial charge in [0, 0.05) is 29.3 Å². The van der Waals surface area contributed by atoms with Gasteiger partial charge in [0.2, 0.25) is 11.8 Å². The quantitative estimate of drug-likeness (QED) is 0.684. The standard InChI is InChI=1S/C12H20N4O2S/c1-12(2,3)8-6-10(16-15-8)14-11(18)4-5-19-7-9(13)17/h6H,4-5,7H2,1-3H3,(H2,13,17)(H2,14,15,16,18). The second-order valence-electron chi connectivity index (χ2n) is 5.23. The molecule has 1 aromatic rings. The number of aromatic amines is 1. The van der Waals surface area contributed by atoms with Gasteiger partial charge in [-0.25, -0.2) is 0 Å². The molecule has 19 heavy (non-hydrogen) atoms. The fourth-order valence-electron chi connectivity index (χ4n) is 1.31. The molecule has 0 saturated heterocycles. The Balaban J connectivity index is 2.36. The van der Waals surface area contributed by atoms with Gasteiger partial charge in [0.1, 0.15) is 0 Å². The van der Waals surface area contributed by atoms with Crippen molar-refractivity contribution in [3.63, 3.8) is 0 Å². The molecule has 1 aromatic heterocycles. The van der Waals surface area contributed by atoms with Crippen LogP contribution in [0.1, 0.15) is 32.9 Å². The smallest absolute Gasteiger partial charge is 0.227 e. The Morgan fingerprint density at radius 1 is 1.47 bits per heavy atom. The molecular formula is C12H20N4O2S. The third-order valence-electron chi connectivity index (χ3n) is 2.37. The topological polar surface area (TPSA) is 101 Å². The van der Waals surface area contributed by atoms with Gasteiger partial charge in [0.25, 0.3) is 0 Å². The summed E-state index contributed by atoms with van der Waals surface area (Å²) < 4.78 is 0. The van der Waals surface area contributed by atoms with Gasteiger partial charge in [-0.3, -0.25) is 14.7 Å². The zero-order valence-corrected chi connectivity index (χ0v) is 12.3. The van der Waals surface area contributed by atoms with Gasteiger partial charge in [-0.05, 0) is 0 Å². The van der Waals surface area contributed by atoms with E-state index in [0.29, 0.717) is 18.0 Å². The van der Waals surface area contributed by atoms with Crippen LogP contribution >= 0.6 is 11.8 Å². The lowest BCUT2D eigenvalue weighted by atomic mass is 9.92. The van der Waals surface area contributed by atoms with Crippen LogP contribution in [-0.4, -0.2) is 33.5 Å². The number of H-pyrrole nitrogens is 1. The lowest BCUT2D eigenvalue weighted by molar-refractivity contribution is -0.116. The monoisotopic (exact) mass is 284 g/mol. The average Bonchev–Trinajstić information content (AvgIpc) is 2.72. The molecule has 7 heteroatoms. The second kappa shape index (κ2) is 6.60. The van der Waals surface area contributed by atoms with E-state index >= 15 is 0 Å². The minimum Gasteiger partial charge on any atom is -0.369 e. The van der Waals surface area contributed by atoms with Gasteiger partial charge >= 0.3 is 0 Å². The largest absolute Gasteiger partial charge is 0.369 e. The molecule has 0 atom stereocenters. The Hall–Kier alpha value is -1.50. The molecule has 0 saturated carbocycles. The van der Waals surface area contributed by atoms with Crippen molar-refractivity contribution >= 4 is 29.4 Å². The third kappa shape index (κ3) is 5.78. The summed E-state index contributed by atoms with van der Waals surface area (Å²) in [6, 6.07) is 1.83. The van der Waals surface area contributed by atoms with Gasteiger partial charge < -0.3 is 11.1 Å². The van der Waals surface area contributed by atoms with E-state index in [4.69, 9.17) is 5.73 Å². The fraction of sp³-hybridized carbons (Fsp3) is 0.583. The number of carbonyl (C=O) groups is 2. The molecule has 0 aliphatic carbocycles. The summed E-state index contributed by atoms with van der Waals surface area (Å²) in [7, 11) is 0. The first-order valence-electron chi connectivity index (χ1n) is 6.01. The number of nitrogens with two attached hydrogens (primary N) is 1. The Labute approximate surface area is 116 Å². The molecule has 0 bridgehead atoms. The predicted octanol–water partition coefficient (Wildman–Crippen LogP) is 1.25. The summed E-state index contributed by atoms with van der Waals surface area (Å²) >= 11 is 1.35. The van der Waals surface area contributed by atoms with E-state index in [1.54, 1.807) is 0 Å². The SMILES string of the molecule is CC(C)(C)c1cc(NC(=O)CCSCC(N)=O)n[nH]1. The second-order valence-corrected chi connectivity index (χ2v) is 6.34. The number of rotatable bonds is 6. The molecule has 0 aliphatic rings. The number of amides is 2. The first-order valence-corrected chi connectivity index (χ1v) is 7.16. The van der Waals surface area contributed by atoms with Crippen LogP contribution in [0, 0.1) is 0 Å². The van der Waals surface area contributed by atoms with Crippen molar-refractivity contribution in [2.75, 3.05) is 16.8 Å². The molecule has 6 nitrogen and oxygen atoms in total. The highest BCUT2D eigenvalue weighted by atomic mass is 32.2. The number of nitrogens with one attached hydrogen (secondary N) is 2. The maximum atomic E-state index is 11.6. The van der Waals surface area contributed by atoms with Crippen molar-refractivity contribution in [1.29, 1.82) is 0 Å². The molecule has 1 heterocycles. The number of nitrogens with zero attached hydrogens (tertiary/aromatic N) is 1. The number of hydrogen-bond acceptors (Lipinski definition) is 4. The first kappa shape index (κ1) is 15.6. The zero-order valence-electron chi connectivity index (χ0n) is 11.4. The summed E-state index contributed by atoms with van der Waals surface area (Å²) in [6.45, 7) is 6.19. The van der Waals surface area contributed by atoms with Crippen LogP contribution in [0.4, 0.5) is 5.82 Å². The number of carbonyl (C=O) groups excluding carboxylic acids is 2. The van der Waals surface area contributed by atoms with E-state index in [2.05, 4.69) is 36.3 Å². The van der Waals surface area contributed by atoms with E-state index in [0.717, 1.165) is 5.69 Å². The maximum Gasteiger partial charge on any atom is 0.227 e. The minimum atomic E-state index is -0.368. The average molecular weight is 284 g/mol. The normalized spacial score (nSPS) is 11.3. The van der Waals surface area contributed by atoms with Gasteiger partial charge in [-0.2, -0.15) is 16.9 Å². The Morgan fingerprint density at radius 2 is 2.16 bits per heavy atom. The molecule has 0 spiro atoms. The number of primary amides is 1. The maximum absolute atomic E-state index is 11.6. The minimum absolute atomic E-state index is 0.0344. The Bertz CT molecular complexity index is 451. The molecule has 0 fully saturated rings. The van der Waals surface area contributed by atoms with Crippen molar-refractivity contribution < 1.29 is 9.59 Å². The van der Waals surface area contributed by atoms with Crippen LogP contribution in [0.5, 0.6) is 0 Å². The van der Waals surface area contributed by atoms with E-state index in [1.165, 1.54) is 11.8 Å². The van der Waals surface area contributed by atoms with Crippen LogP contribution in [0.2, 0.25) is 0 Å². The highest BCUT2D eigenvalue weighted by Gasteiger charge is 2.17. The number of thioether (sulfide) groups is 1. The molecule has 0 radical (unpaired) electrons. The Morgan fingerprint density at radius 3 is 2.68 bits per heavy atom. The lowest BCUT2D eigenvalue weighted by Crippen LogP contribution is -2.16. The van der Waals surface area contributed by atoms with E-state index in [9.17, 15) is 9.59 Å². The molecule has 0 aromatic carbocycles. The molecule has 106 valence electrons. The highest BCUT2D eigenvalue weighted by Crippen LogP contribution is 2.21. The first-order chi connectivity index (χ1) is 8.79. The summed E-state index contributed by atoms with van der Waals surface area (Å²) in [6.07, 6.45) is 0.329. The molecule has 0 aliphatic heterocycles. The van der Waals surface area contributed by atoms with Crippen LogP contribution in [0.3, 0.4) is 0 Å². The molecule has 1 rings (SSSR count). The van der Waals surface area contributed by atoms with Crippen LogP contribution in [-0.2, 0) is 15.0 Å². The lowest BCUT2D eigenvalue weighted by Gasteiger charge is -2.14. The highest BCUT2D eigenvalue weighted by molar-refractivity contribution is 7.99. The summed E-state index contributed by atoms with van der Waals surface area (Å²) in [5, 5.41) is 9.66. The summed E-state index contributed by atoms with van der Waals surface area (Å²) in [5.41, 5.74) is 5.93. The summed E-state index contributed by atoms with van der Waals surface area (Å²) in [4.78, 5) is 22.1. The molecule has 4 N–H and O–H groups in total. The van der Waals surface area contributed by atoms with Crippen LogP contribution < -0.4 is 11.1 Å². The predicted molar refractivity (Wildman–Crippen MR) is 77.1 cm³/mol. The van der Waals surface area contributed by atoms with Gasteiger partial charge in [0.05, 0.1) is 5.75 Å². The zero-order chi connectivity index (χ0) is 14.5. The Kier molecular flexibility index (Phi) is 5.41.